The molecule has 0 aliphatic carbocycles. The maximum atomic E-state index is 13.2. The predicted octanol–water partition coefficient (Wildman–Crippen LogP) is 1.76. The van der Waals surface area contributed by atoms with Gasteiger partial charge >= 0.3 is 11.9 Å². The van der Waals surface area contributed by atoms with E-state index < -0.39 is 35.7 Å². The maximum absolute atomic E-state index is 13.2. The summed E-state index contributed by atoms with van der Waals surface area (Å²) in [5.41, 5.74) is 0.523. The molecule has 170 valence electrons. The van der Waals surface area contributed by atoms with E-state index in [1.165, 1.54) is 4.90 Å². The van der Waals surface area contributed by atoms with Crippen molar-refractivity contribution >= 4 is 17.8 Å². The summed E-state index contributed by atoms with van der Waals surface area (Å²) in [4.78, 5) is 38.9. The van der Waals surface area contributed by atoms with Crippen LogP contribution in [0.2, 0.25) is 0 Å². The number of hydrogen-bond donors (Lipinski definition) is 2. The van der Waals surface area contributed by atoms with Crippen LogP contribution in [-0.2, 0) is 30.3 Å². The van der Waals surface area contributed by atoms with Crippen LogP contribution in [0.4, 0.5) is 0 Å². The van der Waals surface area contributed by atoms with Gasteiger partial charge in [-0.15, -0.1) is 0 Å². The number of ether oxygens (including phenoxy) is 2. The molecule has 1 aromatic carbocycles. The minimum absolute atomic E-state index is 0.248. The molecule has 2 heterocycles. The van der Waals surface area contributed by atoms with Crippen molar-refractivity contribution in [3.05, 3.63) is 35.9 Å². The Morgan fingerprint density at radius 2 is 2.06 bits per heavy atom. The number of likely N-dealkylation sites (tertiary alicyclic amines) is 1. The molecule has 2 aliphatic heterocycles. The highest BCUT2D eigenvalue weighted by molar-refractivity contribution is 5.88. The number of hydrogen-bond acceptors (Lipinski definition) is 6. The summed E-state index contributed by atoms with van der Waals surface area (Å²) in [7, 11) is 0. The van der Waals surface area contributed by atoms with E-state index in [0.29, 0.717) is 25.9 Å². The SMILES string of the molecule is CCOC(=O)[C@H](CCc1ccccc1)NC(C)C(=O)N1CC2(CCCO2)C[C@H]1C(=O)O. The van der Waals surface area contributed by atoms with E-state index in [9.17, 15) is 19.5 Å². The fourth-order valence-corrected chi connectivity index (χ4v) is 4.53. The number of rotatable bonds is 9. The van der Waals surface area contributed by atoms with Crippen LogP contribution in [0.3, 0.4) is 0 Å². The van der Waals surface area contributed by atoms with Crippen molar-refractivity contribution in [3.63, 3.8) is 0 Å². The second-order valence-corrected chi connectivity index (χ2v) is 8.38. The zero-order valence-corrected chi connectivity index (χ0v) is 18.2. The maximum Gasteiger partial charge on any atom is 0.326 e. The molecule has 31 heavy (non-hydrogen) atoms. The third kappa shape index (κ3) is 5.62. The van der Waals surface area contributed by atoms with Crippen LogP contribution < -0.4 is 5.32 Å². The molecule has 8 nitrogen and oxygen atoms in total. The van der Waals surface area contributed by atoms with Gasteiger partial charge in [0.25, 0.3) is 0 Å². The monoisotopic (exact) mass is 432 g/mol. The summed E-state index contributed by atoms with van der Waals surface area (Å²) in [5.74, 6) is -1.78. The first-order valence-electron chi connectivity index (χ1n) is 11.0. The zero-order valence-electron chi connectivity index (χ0n) is 18.2. The Balaban J connectivity index is 1.67. The number of nitrogens with one attached hydrogen (secondary N) is 1. The molecule has 2 N–H and O–H groups in total. The largest absolute Gasteiger partial charge is 0.480 e. The molecule has 8 heteroatoms. The second kappa shape index (κ2) is 10.2. The van der Waals surface area contributed by atoms with E-state index in [0.717, 1.165) is 18.4 Å². The minimum Gasteiger partial charge on any atom is -0.480 e. The van der Waals surface area contributed by atoms with Gasteiger partial charge in [0.2, 0.25) is 5.91 Å². The summed E-state index contributed by atoms with van der Waals surface area (Å²) in [6.07, 6.45) is 3.04. The lowest BCUT2D eigenvalue weighted by molar-refractivity contribution is -0.150. The van der Waals surface area contributed by atoms with Gasteiger partial charge in [-0.2, -0.15) is 0 Å². The Bertz CT molecular complexity index is 778. The molecule has 4 atom stereocenters. The molecule has 2 saturated heterocycles. The van der Waals surface area contributed by atoms with Gasteiger partial charge in [0.05, 0.1) is 24.8 Å². The van der Waals surface area contributed by atoms with Gasteiger partial charge in [0, 0.05) is 13.0 Å². The molecular formula is C23H32N2O6. The van der Waals surface area contributed by atoms with Crippen molar-refractivity contribution < 1.29 is 29.0 Å². The predicted molar refractivity (Wildman–Crippen MR) is 113 cm³/mol. The first-order chi connectivity index (χ1) is 14.8. The Morgan fingerprint density at radius 3 is 2.68 bits per heavy atom. The molecule has 2 fully saturated rings. The van der Waals surface area contributed by atoms with Gasteiger partial charge in [0.15, 0.2) is 0 Å². The van der Waals surface area contributed by atoms with Crippen LogP contribution in [0.1, 0.15) is 45.1 Å². The van der Waals surface area contributed by atoms with Crippen LogP contribution in [0, 0.1) is 0 Å². The summed E-state index contributed by atoms with van der Waals surface area (Å²) in [6, 6.07) is 7.47. The average molecular weight is 433 g/mol. The Labute approximate surface area is 182 Å². The smallest absolute Gasteiger partial charge is 0.326 e. The standard InChI is InChI=1S/C23H32N2O6/c1-3-30-22(29)18(11-10-17-8-5-4-6-9-17)24-16(2)20(26)25-15-23(12-7-13-31-23)14-19(25)21(27)28/h4-6,8-9,16,18-19,24H,3,7,10-15H2,1-2H3,(H,27,28)/t16?,18-,19-,23?/m0/s1. The van der Waals surface area contributed by atoms with Gasteiger partial charge in [-0.3, -0.25) is 14.9 Å². The number of amides is 1. The highest BCUT2D eigenvalue weighted by Gasteiger charge is 2.51. The Hall–Kier alpha value is -2.45. The van der Waals surface area contributed by atoms with Crippen molar-refractivity contribution in [2.75, 3.05) is 19.8 Å². The lowest BCUT2D eigenvalue weighted by Crippen LogP contribution is -2.53. The summed E-state index contributed by atoms with van der Waals surface area (Å²) >= 11 is 0. The number of nitrogens with zero attached hydrogens (tertiary/aromatic N) is 1. The minimum atomic E-state index is -1.03. The van der Waals surface area contributed by atoms with Crippen molar-refractivity contribution in [3.8, 4) is 0 Å². The van der Waals surface area contributed by atoms with E-state index >= 15 is 0 Å². The summed E-state index contributed by atoms with van der Waals surface area (Å²) in [5, 5.41) is 12.8. The molecule has 0 aromatic heterocycles. The normalized spacial score (nSPS) is 24.8. The molecule has 1 amide bonds. The fraction of sp³-hybridized carbons (Fsp3) is 0.609. The highest BCUT2D eigenvalue weighted by atomic mass is 16.5. The van der Waals surface area contributed by atoms with Gasteiger partial charge in [0.1, 0.15) is 12.1 Å². The van der Waals surface area contributed by atoms with Crippen molar-refractivity contribution in [2.24, 2.45) is 0 Å². The van der Waals surface area contributed by atoms with Crippen LogP contribution in [0.25, 0.3) is 0 Å². The topological polar surface area (TPSA) is 105 Å². The molecule has 1 aromatic rings. The third-order valence-electron chi connectivity index (χ3n) is 6.11. The van der Waals surface area contributed by atoms with Crippen molar-refractivity contribution in [1.29, 1.82) is 0 Å². The van der Waals surface area contributed by atoms with E-state index in [2.05, 4.69) is 5.32 Å². The Kier molecular flexibility index (Phi) is 7.67. The third-order valence-corrected chi connectivity index (χ3v) is 6.11. The summed E-state index contributed by atoms with van der Waals surface area (Å²) < 4.78 is 11.0. The van der Waals surface area contributed by atoms with E-state index in [1.807, 2.05) is 30.3 Å². The van der Waals surface area contributed by atoms with Gasteiger partial charge < -0.3 is 19.5 Å². The molecule has 0 saturated carbocycles. The number of carboxylic acid groups (broad SMARTS) is 1. The number of aryl methyl sites for hydroxylation is 1. The molecule has 0 bridgehead atoms. The number of carbonyl (C=O) groups excluding carboxylic acids is 2. The van der Waals surface area contributed by atoms with Crippen LogP contribution in [0.5, 0.6) is 0 Å². The van der Waals surface area contributed by atoms with E-state index in [-0.39, 0.29) is 19.1 Å². The van der Waals surface area contributed by atoms with Crippen molar-refractivity contribution in [2.45, 2.75) is 69.7 Å². The van der Waals surface area contributed by atoms with Crippen molar-refractivity contribution in [1.82, 2.24) is 10.2 Å². The molecule has 0 radical (unpaired) electrons. The molecule has 2 aliphatic rings. The van der Waals surface area contributed by atoms with E-state index in [1.54, 1.807) is 13.8 Å². The number of carboxylic acids is 1. The van der Waals surface area contributed by atoms with Crippen LogP contribution in [-0.4, -0.2) is 71.3 Å². The fourth-order valence-electron chi connectivity index (χ4n) is 4.53. The summed E-state index contributed by atoms with van der Waals surface area (Å²) in [6.45, 7) is 4.51. The number of esters is 1. The van der Waals surface area contributed by atoms with Crippen LogP contribution >= 0.6 is 0 Å². The average Bonchev–Trinajstić information content (AvgIpc) is 3.38. The second-order valence-electron chi connectivity index (χ2n) is 8.38. The number of benzene rings is 1. The highest BCUT2D eigenvalue weighted by Crippen LogP contribution is 2.38. The van der Waals surface area contributed by atoms with Gasteiger partial charge in [-0.1, -0.05) is 30.3 Å². The van der Waals surface area contributed by atoms with Gasteiger partial charge in [-0.25, -0.2) is 4.79 Å². The first kappa shape index (κ1) is 23.2. The van der Waals surface area contributed by atoms with Gasteiger partial charge in [-0.05, 0) is 45.1 Å². The Morgan fingerprint density at radius 1 is 1.32 bits per heavy atom. The lowest BCUT2D eigenvalue weighted by Gasteiger charge is -2.28. The quantitative estimate of drug-likeness (QED) is 0.573. The zero-order chi connectivity index (χ0) is 22.4. The molecular weight excluding hydrogens is 400 g/mol. The van der Waals surface area contributed by atoms with Crippen LogP contribution in [0.15, 0.2) is 30.3 Å². The van der Waals surface area contributed by atoms with E-state index in [4.69, 9.17) is 9.47 Å². The molecule has 3 rings (SSSR count). The first-order valence-corrected chi connectivity index (χ1v) is 11.0. The molecule has 1 spiro atoms. The number of aliphatic carboxylic acids is 1. The lowest BCUT2D eigenvalue weighted by atomic mass is 9.97. The number of carbonyl (C=O) groups is 3. The molecule has 2 unspecified atom stereocenters.